The van der Waals surface area contributed by atoms with Gasteiger partial charge in [-0.15, -0.1) is 0 Å². The summed E-state index contributed by atoms with van der Waals surface area (Å²) in [7, 11) is 1.34. The quantitative estimate of drug-likeness (QED) is 0.0197. The molecule has 0 radical (unpaired) electrons. The van der Waals surface area contributed by atoms with E-state index in [1.165, 1.54) is 122 Å². The number of esters is 1. The summed E-state index contributed by atoms with van der Waals surface area (Å²) < 4.78 is 34.8. The van der Waals surface area contributed by atoms with Crippen molar-refractivity contribution in [3.05, 3.63) is 85.1 Å². The Kier molecular flexibility index (Phi) is 50.3. The minimum absolute atomic E-state index is 0.0182. The van der Waals surface area contributed by atoms with Crippen molar-refractivity contribution in [2.45, 2.75) is 238 Å². The molecule has 0 amide bonds. The van der Waals surface area contributed by atoms with Crippen molar-refractivity contribution >= 4 is 13.8 Å². The average molecular weight is 986 g/mol. The molecule has 0 aliphatic carbocycles. The maximum Gasteiger partial charge on any atom is 0.306 e. The Hall–Kier alpha value is -2.32. The number of carbonyl (C=O) groups is 1. The highest BCUT2D eigenvalue weighted by Gasteiger charge is 2.20. The largest absolute Gasteiger partial charge is 0.756 e. The third-order valence-electron chi connectivity index (χ3n) is 11.9. The van der Waals surface area contributed by atoms with Crippen LogP contribution in [0.1, 0.15) is 232 Å². The maximum atomic E-state index is 12.8. The molecule has 0 spiro atoms. The van der Waals surface area contributed by atoms with E-state index in [4.69, 9.17) is 18.5 Å². The first kappa shape index (κ1) is 66.7. The van der Waals surface area contributed by atoms with Crippen LogP contribution < -0.4 is 4.89 Å². The van der Waals surface area contributed by atoms with Crippen LogP contribution in [-0.4, -0.2) is 70.7 Å². The number of likely N-dealkylation sites (N-methyl/N-ethyl adjacent to an activating group) is 1. The van der Waals surface area contributed by atoms with E-state index in [0.717, 1.165) is 89.9 Å². The summed E-state index contributed by atoms with van der Waals surface area (Å²) in [5, 5.41) is 0. The van der Waals surface area contributed by atoms with E-state index in [1.807, 2.05) is 21.1 Å². The van der Waals surface area contributed by atoms with Gasteiger partial charge in [0.15, 0.2) is 0 Å². The second kappa shape index (κ2) is 52.0. The third kappa shape index (κ3) is 56.5. The molecule has 0 aliphatic heterocycles. The van der Waals surface area contributed by atoms with Crippen molar-refractivity contribution in [2.75, 3.05) is 54.1 Å². The van der Waals surface area contributed by atoms with Gasteiger partial charge in [-0.05, 0) is 89.9 Å². The Labute approximate surface area is 426 Å². The van der Waals surface area contributed by atoms with Crippen molar-refractivity contribution in [1.29, 1.82) is 0 Å². The van der Waals surface area contributed by atoms with Crippen molar-refractivity contribution < 1.29 is 37.3 Å². The number of unbranched alkanes of at least 4 members (excludes halogenated alkanes) is 24. The van der Waals surface area contributed by atoms with Crippen LogP contribution in [0, 0.1) is 0 Å². The van der Waals surface area contributed by atoms with Crippen LogP contribution in [0.4, 0.5) is 0 Å². The molecule has 0 rings (SSSR count). The predicted octanol–water partition coefficient (Wildman–Crippen LogP) is 17.3. The highest BCUT2D eigenvalue weighted by Crippen LogP contribution is 2.38. The number of hydrogen-bond acceptors (Lipinski definition) is 7. The van der Waals surface area contributed by atoms with Gasteiger partial charge in [0.25, 0.3) is 7.82 Å². The molecule has 2 unspecified atom stereocenters. The first-order valence-corrected chi connectivity index (χ1v) is 29.8. The number of carbonyl (C=O) groups excluding carboxylic acids is 1. The van der Waals surface area contributed by atoms with Gasteiger partial charge in [0, 0.05) is 13.0 Å². The van der Waals surface area contributed by atoms with Crippen LogP contribution in [0.5, 0.6) is 0 Å². The van der Waals surface area contributed by atoms with Crippen molar-refractivity contribution in [3.63, 3.8) is 0 Å². The molecule has 0 aromatic carbocycles. The minimum Gasteiger partial charge on any atom is -0.756 e. The lowest BCUT2D eigenvalue weighted by Gasteiger charge is -2.28. The van der Waals surface area contributed by atoms with E-state index in [2.05, 4.69) is 98.9 Å². The number of quaternary nitrogens is 1. The Balaban J connectivity index is 4.12. The fraction of sp³-hybridized carbons (Fsp3) is 0.750. The molecule has 69 heavy (non-hydrogen) atoms. The van der Waals surface area contributed by atoms with Crippen LogP contribution in [0.2, 0.25) is 0 Å². The van der Waals surface area contributed by atoms with Gasteiger partial charge in [-0.2, -0.15) is 0 Å². The monoisotopic (exact) mass is 986 g/mol. The van der Waals surface area contributed by atoms with E-state index in [0.29, 0.717) is 17.6 Å². The van der Waals surface area contributed by atoms with Gasteiger partial charge in [0.05, 0.1) is 34.4 Å². The van der Waals surface area contributed by atoms with Crippen LogP contribution >= 0.6 is 7.82 Å². The van der Waals surface area contributed by atoms with Crippen molar-refractivity contribution in [3.8, 4) is 0 Å². The number of hydrogen-bond donors (Lipinski definition) is 0. The summed E-state index contributed by atoms with van der Waals surface area (Å²) in [6, 6.07) is 0. The number of phosphoric acid groups is 1. The maximum absolute atomic E-state index is 12.8. The highest BCUT2D eigenvalue weighted by atomic mass is 31.2. The third-order valence-corrected chi connectivity index (χ3v) is 12.9. The molecule has 0 bridgehead atoms. The number of nitrogens with zero attached hydrogens (tertiary/aromatic N) is 1. The number of rotatable bonds is 52. The Bertz CT molecular complexity index is 1380. The van der Waals surface area contributed by atoms with Gasteiger partial charge >= 0.3 is 5.97 Å². The Morgan fingerprint density at radius 2 is 0.841 bits per heavy atom. The van der Waals surface area contributed by atoms with E-state index >= 15 is 0 Å². The molecule has 0 aromatic rings. The Morgan fingerprint density at radius 1 is 0.464 bits per heavy atom. The SMILES string of the molecule is CC/C=C\C/C=C\C/C=C\C/C=C\C/C=C\CCCCCCCC(=O)OC(COCCCCCCCCCCCCCCCC/C=C\C/C=C\CCCCCCC)COP(=O)([O-])OCC[N+](C)(C)C. The summed E-state index contributed by atoms with van der Waals surface area (Å²) >= 11 is 0. The lowest BCUT2D eigenvalue weighted by Crippen LogP contribution is -2.37. The molecule has 2 atom stereocenters. The molecular formula is C60H108NO7P. The summed E-state index contributed by atoms with van der Waals surface area (Å²) in [4.78, 5) is 25.2. The summed E-state index contributed by atoms with van der Waals surface area (Å²) in [6.45, 7) is 5.27. The minimum atomic E-state index is -4.55. The molecule has 0 N–H and O–H groups in total. The summed E-state index contributed by atoms with van der Waals surface area (Å²) in [5.41, 5.74) is 0. The van der Waals surface area contributed by atoms with Crippen molar-refractivity contribution in [1.82, 2.24) is 0 Å². The zero-order valence-corrected chi connectivity index (χ0v) is 46.4. The molecule has 400 valence electrons. The lowest BCUT2D eigenvalue weighted by molar-refractivity contribution is -0.870. The van der Waals surface area contributed by atoms with Gasteiger partial charge in [-0.3, -0.25) is 9.36 Å². The fourth-order valence-corrected chi connectivity index (χ4v) is 8.33. The summed E-state index contributed by atoms with van der Waals surface area (Å²) in [5.74, 6) is -0.353. The number of allylic oxidation sites excluding steroid dienone is 14. The van der Waals surface area contributed by atoms with Crippen LogP contribution in [-0.2, 0) is 27.9 Å². The zero-order chi connectivity index (χ0) is 50.5. The van der Waals surface area contributed by atoms with Gasteiger partial charge < -0.3 is 27.9 Å². The normalized spacial score (nSPS) is 14.1. The molecule has 0 saturated heterocycles. The van der Waals surface area contributed by atoms with Gasteiger partial charge in [-0.25, -0.2) is 0 Å². The smallest absolute Gasteiger partial charge is 0.306 e. The molecule has 8 nitrogen and oxygen atoms in total. The highest BCUT2D eigenvalue weighted by molar-refractivity contribution is 7.45. The summed E-state index contributed by atoms with van der Waals surface area (Å²) in [6.07, 6.45) is 70.5. The zero-order valence-electron chi connectivity index (χ0n) is 45.5. The molecule has 9 heteroatoms. The number of ether oxygens (including phenoxy) is 2. The first-order valence-electron chi connectivity index (χ1n) is 28.3. The predicted molar refractivity (Wildman–Crippen MR) is 295 cm³/mol. The van der Waals surface area contributed by atoms with E-state index in [1.54, 1.807) is 0 Å². The van der Waals surface area contributed by atoms with Gasteiger partial charge in [0.1, 0.15) is 19.3 Å². The molecule has 0 fully saturated rings. The van der Waals surface area contributed by atoms with Crippen LogP contribution in [0.25, 0.3) is 0 Å². The van der Waals surface area contributed by atoms with Crippen LogP contribution in [0.3, 0.4) is 0 Å². The number of phosphoric ester groups is 1. The average Bonchev–Trinajstić information content (AvgIpc) is 3.31. The second-order valence-corrected chi connectivity index (χ2v) is 21.3. The second-order valence-electron chi connectivity index (χ2n) is 19.9. The lowest BCUT2D eigenvalue weighted by atomic mass is 10.0. The molecule has 0 aliphatic rings. The van der Waals surface area contributed by atoms with E-state index in [-0.39, 0.29) is 32.2 Å². The molecule has 0 saturated carbocycles. The van der Waals surface area contributed by atoms with Crippen molar-refractivity contribution in [2.24, 2.45) is 0 Å². The molecule has 0 aromatic heterocycles. The fourth-order valence-electron chi connectivity index (χ4n) is 7.60. The van der Waals surface area contributed by atoms with Crippen LogP contribution in [0.15, 0.2) is 85.1 Å². The molecule has 0 heterocycles. The Morgan fingerprint density at radius 3 is 1.26 bits per heavy atom. The van der Waals surface area contributed by atoms with E-state index in [9.17, 15) is 14.3 Å². The topological polar surface area (TPSA) is 94.1 Å². The van der Waals surface area contributed by atoms with Gasteiger partial charge in [0.2, 0.25) is 0 Å². The molecular weight excluding hydrogens is 878 g/mol. The first-order chi connectivity index (χ1) is 33.6. The van der Waals surface area contributed by atoms with Gasteiger partial charge in [-0.1, -0.05) is 221 Å². The standard InChI is InChI=1S/C60H108NO7P/c1-6-8-10-12-14-16-18-20-22-24-26-28-29-30-31-32-34-36-38-40-42-44-46-48-50-52-55-65-57-59(58-67-69(63,64)66-56-54-61(3,4)5)68-60(62)53-51-49-47-45-43-41-39-37-35-33-27-25-23-21-19-17-15-13-11-9-7-2/h9,11,15,17-18,20-21,23-24,26-27,33,37,39,59H,6-8,10,12-14,16,19,22,25,28-32,34-36,38,40-58H2,1-5H3/b11-9-,17-15-,20-18-,23-21-,26-24-,33-27-,39-37-. The van der Waals surface area contributed by atoms with E-state index < -0.39 is 13.9 Å².